The summed E-state index contributed by atoms with van der Waals surface area (Å²) in [6.45, 7) is 4.96. The van der Waals surface area contributed by atoms with Crippen molar-refractivity contribution in [2.45, 2.75) is 13.8 Å². The Labute approximate surface area is 109 Å². The number of halogens is 1. The molecule has 0 aliphatic rings. The minimum Gasteiger partial charge on any atom is -0.370 e. The lowest BCUT2D eigenvalue weighted by molar-refractivity contribution is 1.11. The topological polar surface area (TPSA) is 37.8 Å². The summed E-state index contributed by atoms with van der Waals surface area (Å²) in [5, 5.41) is 3.19. The Kier molecular flexibility index (Phi) is 3.74. The first-order valence-electron chi connectivity index (χ1n) is 5.54. The third-order valence-corrected chi connectivity index (χ3v) is 2.94. The Bertz CT molecular complexity index is 526. The van der Waals surface area contributed by atoms with Gasteiger partial charge in [0.2, 0.25) is 0 Å². The van der Waals surface area contributed by atoms with Crippen LogP contribution in [0.25, 0.3) is 11.4 Å². The zero-order chi connectivity index (χ0) is 12.3. The first-order chi connectivity index (χ1) is 8.20. The van der Waals surface area contributed by atoms with Crippen LogP contribution in [0, 0.1) is 6.92 Å². The van der Waals surface area contributed by atoms with Gasteiger partial charge in [-0.1, -0.05) is 15.9 Å². The molecule has 0 atom stereocenters. The van der Waals surface area contributed by atoms with Gasteiger partial charge in [0.1, 0.15) is 5.82 Å². The Balaban J connectivity index is 2.42. The highest BCUT2D eigenvalue weighted by Crippen LogP contribution is 2.23. The molecule has 0 radical (unpaired) electrons. The second-order valence-electron chi connectivity index (χ2n) is 3.76. The molecule has 3 nitrogen and oxygen atoms in total. The molecule has 0 aliphatic carbocycles. The fraction of sp³-hybridized carbons (Fsp3) is 0.231. The predicted octanol–water partition coefficient (Wildman–Crippen LogP) is 3.65. The molecule has 0 spiro atoms. The van der Waals surface area contributed by atoms with Gasteiger partial charge in [0.15, 0.2) is 5.82 Å². The molecular weight excluding hydrogens is 278 g/mol. The number of hydrogen-bond donors (Lipinski definition) is 1. The Morgan fingerprint density at radius 1 is 1.29 bits per heavy atom. The summed E-state index contributed by atoms with van der Waals surface area (Å²) < 4.78 is 1.07. The molecule has 1 aromatic carbocycles. The molecule has 4 heteroatoms. The van der Waals surface area contributed by atoms with E-state index in [2.05, 4.69) is 44.2 Å². The van der Waals surface area contributed by atoms with Crippen LogP contribution in [0.3, 0.4) is 0 Å². The largest absolute Gasteiger partial charge is 0.370 e. The first-order valence-corrected chi connectivity index (χ1v) is 6.33. The van der Waals surface area contributed by atoms with Gasteiger partial charge in [0.25, 0.3) is 0 Å². The van der Waals surface area contributed by atoms with Crippen LogP contribution in [-0.4, -0.2) is 16.5 Å². The highest BCUT2D eigenvalue weighted by atomic mass is 79.9. The van der Waals surface area contributed by atoms with Crippen LogP contribution in [0.4, 0.5) is 5.82 Å². The van der Waals surface area contributed by atoms with E-state index in [-0.39, 0.29) is 0 Å². The fourth-order valence-corrected chi connectivity index (χ4v) is 2.12. The molecule has 88 valence electrons. The lowest BCUT2D eigenvalue weighted by Crippen LogP contribution is -2.01. The predicted molar refractivity (Wildman–Crippen MR) is 74.1 cm³/mol. The van der Waals surface area contributed by atoms with Crippen molar-refractivity contribution in [3.05, 3.63) is 40.5 Å². The van der Waals surface area contributed by atoms with Crippen LogP contribution < -0.4 is 5.32 Å². The summed E-state index contributed by atoms with van der Waals surface area (Å²) in [6.07, 6.45) is 1.78. The monoisotopic (exact) mass is 291 g/mol. The molecular formula is C13H14BrN3. The number of aromatic nitrogens is 2. The van der Waals surface area contributed by atoms with Crippen LogP contribution in [-0.2, 0) is 0 Å². The van der Waals surface area contributed by atoms with Gasteiger partial charge < -0.3 is 5.32 Å². The third kappa shape index (κ3) is 2.82. The van der Waals surface area contributed by atoms with Crippen LogP contribution in [0.5, 0.6) is 0 Å². The highest BCUT2D eigenvalue weighted by Gasteiger charge is 2.05. The molecule has 17 heavy (non-hydrogen) atoms. The molecule has 1 heterocycles. The molecule has 0 saturated carbocycles. The summed E-state index contributed by atoms with van der Waals surface area (Å²) >= 11 is 3.45. The standard InChI is InChI=1S/C13H14BrN3/c1-3-15-12-6-7-16-13(17-12)11-5-4-10(14)8-9(11)2/h4-8H,3H2,1-2H3,(H,15,16,17). The van der Waals surface area contributed by atoms with E-state index in [1.807, 2.05) is 25.1 Å². The molecule has 2 aromatic rings. The molecule has 2 rings (SSSR count). The number of nitrogens with zero attached hydrogens (tertiary/aromatic N) is 2. The maximum atomic E-state index is 4.49. The second-order valence-corrected chi connectivity index (χ2v) is 4.67. The normalized spacial score (nSPS) is 10.3. The van der Waals surface area contributed by atoms with Gasteiger partial charge >= 0.3 is 0 Å². The van der Waals surface area contributed by atoms with Crippen LogP contribution in [0.15, 0.2) is 34.9 Å². The lowest BCUT2D eigenvalue weighted by Gasteiger charge is -2.07. The number of anilines is 1. The smallest absolute Gasteiger partial charge is 0.161 e. The van der Waals surface area contributed by atoms with Gasteiger partial charge in [0, 0.05) is 22.8 Å². The molecule has 1 N–H and O–H groups in total. The van der Waals surface area contributed by atoms with E-state index in [0.29, 0.717) is 0 Å². The van der Waals surface area contributed by atoms with E-state index in [1.165, 1.54) is 0 Å². The minimum absolute atomic E-state index is 0.758. The van der Waals surface area contributed by atoms with E-state index in [1.54, 1.807) is 6.20 Å². The lowest BCUT2D eigenvalue weighted by atomic mass is 10.1. The first kappa shape index (κ1) is 12.0. The number of hydrogen-bond acceptors (Lipinski definition) is 3. The number of nitrogens with one attached hydrogen (secondary N) is 1. The average molecular weight is 292 g/mol. The Hall–Kier alpha value is -1.42. The van der Waals surface area contributed by atoms with Crippen molar-refractivity contribution in [3.8, 4) is 11.4 Å². The van der Waals surface area contributed by atoms with Crippen LogP contribution in [0.1, 0.15) is 12.5 Å². The van der Waals surface area contributed by atoms with Crippen molar-refractivity contribution in [1.29, 1.82) is 0 Å². The molecule has 0 fully saturated rings. The van der Waals surface area contributed by atoms with Gasteiger partial charge in [-0.3, -0.25) is 0 Å². The molecule has 1 aromatic heterocycles. The van der Waals surface area contributed by atoms with Crippen molar-refractivity contribution in [3.63, 3.8) is 0 Å². The Morgan fingerprint density at radius 2 is 2.12 bits per heavy atom. The van der Waals surface area contributed by atoms with Gasteiger partial charge in [-0.05, 0) is 43.7 Å². The minimum atomic E-state index is 0.758. The van der Waals surface area contributed by atoms with Crippen LogP contribution >= 0.6 is 15.9 Å². The number of aryl methyl sites for hydroxylation is 1. The van der Waals surface area contributed by atoms with E-state index >= 15 is 0 Å². The van der Waals surface area contributed by atoms with Crippen molar-refractivity contribution in [2.75, 3.05) is 11.9 Å². The van der Waals surface area contributed by atoms with Gasteiger partial charge in [-0.25, -0.2) is 9.97 Å². The highest BCUT2D eigenvalue weighted by molar-refractivity contribution is 9.10. The zero-order valence-electron chi connectivity index (χ0n) is 9.87. The average Bonchev–Trinajstić information content (AvgIpc) is 2.29. The maximum Gasteiger partial charge on any atom is 0.161 e. The van der Waals surface area contributed by atoms with E-state index in [4.69, 9.17) is 0 Å². The van der Waals surface area contributed by atoms with Crippen molar-refractivity contribution < 1.29 is 0 Å². The van der Waals surface area contributed by atoms with E-state index < -0.39 is 0 Å². The molecule has 0 bridgehead atoms. The third-order valence-electron chi connectivity index (χ3n) is 2.44. The SMILES string of the molecule is CCNc1ccnc(-c2ccc(Br)cc2C)n1. The summed E-state index contributed by atoms with van der Waals surface area (Å²) in [4.78, 5) is 8.80. The van der Waals surface area contributed by atoms with Crippen molar-refractivity contribution in [1.82, 2.24) is 9.97 Å². The quantitative estimate of drug-likeness (QED) is 0.938. The number of benzene rings is 1. The van der Waals surface area contributed by atoms with Crippen LogP contribution in [0.2, 0.25) is 0 Å². The summed E-state index contributed by atoms with van der Waals surface area (Å²) in [5.74, 6) is 1.62. The van der Waals surface area contributed by atoms with Gasteiger partial charge in [0.05, 0.1) is 0 Å². The molecule has 0 aliphatic heterocycles. The van der Waals surface area contributed by atoms with Gasteiger partial charge in [-0.2, -0.15) is 0 Å². The maximum absolute atomic E-state index is 4.49. The Morgan fingerprint density at radius 3 is 2.82 bits per heavy atom. The molecule has 0 amide bonds. The van der Waals surface area contributed by atoms with Gasteiger partial charge in [-0.15, -0.1) is 0 Å². The van der Waals surface area contributed by atoms with Crippen molar-refractivity contribution >= 4 is 21.7 Å². The fourth-order valence-electron chi connectivity index (χ4n) is 1.65. The summed E-state index contributed by atoms with van der Waals surface area (Å²) in [7, 11) is 0. The van der Waals surface area contributed by atoms with Crippen molar-refractivity contribution in [2.24, 2.45) is 0 Å². The van der Waals surface area contributed by atoms with E-state index in [9.17, 15) is 0 Å². The second kappa shape index (κ2) is 5.27. The summed E-state index contributed by atoms with van der Waals surface area (Å²) in [6, 6.07) is 7.98. The zero-order valence-corrected chi connectivity index (χ0v) is 11.5. The molecule has 0 saturated heterocycles. The molecule has 0 unspecified atom stereocenters. The summed E-state index contributed by atoms with van der Waals surface area (Å²) in [5.41, 5.74) is 2.22. The van der Waals surface area contributed by atoms with E-state index in [0.717, 1.165) is 33.8 Å². The number of rotatable bonds is 3.